The van der Waals surface area contributed by atoms with Crippen LogP contribution in [-0.2, 0) is 11.3 Å². The van der Waals surface area contributed by atoms with E-state index >= 15 is 0 Å². The molecular formula is C34H39N3O7. The lowest BCUT2D eigenvalue weighted by Crippen LogP contribution is -2.56. The summed E-state index contributed by atoms with van der Waals surface area (Å²) in [5.41, 5.74) is 3.90. The van der Waals surface area contributed by atoms with Crippen molar-refractivity contribution in [3.05, 3.63) is 83.3 Å². The highest BCUT2D eigenvalue weighted by Crippen LogP contribution is 2.49. The summed E-state index contributed by atoms with van der Waals surface area (Å²) in [6.07, 6.45) is 3.76. The van der Waals surface area contributed by atoms with Gasteiger partial charge in [-0.2, -0.15) is 0 Å². The number of methoxy groups -OCH3 is 3. The Kier molecular flexibility index (Phi) is 9.01. The molecule has 0 saturated carbocycles. The van der Waals surface area contributed by atoms with Crippen molar-refractivity contribution >= 4 is 28.8 Å². The molecular weight excluding hydrogens is 562 g/mol. The Hall–Kier alpha value is -4.70. The van der Waals surface area contributed by atoms with E-state index in [0.717, 1.165) is 27.8 Å². The second kappa shape index (κ2) is 12.9. The highest BCUT2D eigenvalue weighted by molar-refractivity contribution is 6.05. The molecule has 1 aliphatic heterocycles. The summed E-state index contributed by atoms with van der Waals surface area (Å²) in [7, 11) is 6.69. The number of furan rings is 1. The van der Waals surface area contributed by atoms with Crippen molar-refractivity contribution in [2.24, 2.45) is 0 Å². The molecule has 2 aromatic carbocycles. The van der Waals surface area contributed by atoms with Crippen LogP contribution in [0.15, 0.2) is 70.9 Å². The molecule has 10 heteroatoms. The normalized spacial score (nSPS) is 16.9. The fourth-order valence-corrected chi connectivity index (χ4v) is 6.20. The Bertz CT molecular complexity index is 1560. The zero-order valence-corrected chi connectivity index (χ0v) is 25.8. The van der Waals surface area contributed by atoms with E-state index in [1.807, 2.05) is 38.2 Å². The fraction of sp³-hybridized carbons (Fsp3) is 0.353. The van der Waals surface area contributed by atoms with E-state index in [0.29, 0.717) is 54.6 Å². The number of fused-ring (bicyclic) bond motifs is 1. The zero-order valence-electron chi connectivity index (χ0n) is 25.8. The second-order valence-electron chi connectivity index (χ2n) is 11.1. The van der Waals surface area contributed by atoms with Crippen LogP contribution in [0.5, 0.6) is 17.2 Å². The molecule has 2 N–H and O–H groups in total. The van der Waals surface area contributed by atoms with Crippen molar-refractivity contribution in [1.82, 2.24) is 10.2 Å². The highest BCUT2D eigenvalue weighted by atomic mass is 16.5. The summed E-state index contributed by atoms with van der Waals surface area (Å²) in [4.78, 5) is 30.0. The maximum Gasteiger partial charge on any atom is 0.412 e. The van der Waals surface area contributed by atoms with E-state index in [1.165, 1.54) is 19.1 Å². The minimum atomic E-state index is -1.11. The lowest BCUT2D eigenvalue weighted by molar-refractivity contribution is -0.120. The molecule has 232 valence electrons. The van der Waals surface area contributed by atoms with Crippen LogP contribution in [0.1, 0.15) is 43.1 Å². The van der Waals surface area contributed by atoms with Crippen LogP contribution in [0.3, 0.4) is 0 Å². The molecule has 0 unspecified atom stereocenters. The number of rotatable bonds is 10. The van der Waals surface area contributed by atoms with Crippen LogP contribution in [0, 0.1) is 0 Å². The number of hydrogen-bond acceptors (Lipinski definition) is 7. The van der Waals surface area contributed by atoms with Gasteiger partial charge in [-0.3, -0.25) is 9.69 Å². The molecule has 2 aliphatic rings. The van der Waals surface area contributed by atoms with E-state index in [9.17, 15) is 14.7 Å². The smallest absolute Gasteiger partial charge is 0.412 e. The van der Waals surface area contributed by atoms with Crippen LogP contribution in [0.2, 0.25) is 0 Å². The summed E-state index contributed by atoms with van der Waals surface area (Å²) in [5, 5.41) is 13.8. The summed E-state index contributed by atoms with van der Waals surface area (Å²) in [5.74, 6) is 2.00. The van der Waals surface area contributed by atoms with Gasteiger partial charge in [0.05, 0.1) is 46.1 Å². The van der Waals surface area contributed by atoms with E-state index in [-0.39, 0.29) is 18.9 Å². The number of likely N-dealkylation sites (tertiary alicyclic amines) is 1. The van der Waals surface area contributed by atoms with Crippen LogP contribution in [0.25, 0.3) is 11.1 Å². The first-order valence-electron chi connectivity index (χ1n) is 14.5. The number of allylic oxidation sites excluding steroid dienone is 2. The average Bonchev–Trinajstić information content (AvgIpc) is 3.64. The molecule has 1 fully saturated rings. The third-order valence-corrected chi connectivity index (χ3v) is 8.60. The van der Waals surface area contributed by atoms with Gasteiger partial charge in [-0.25, -0.2) is 4.79 Å². The molecule has 2 heterocycles. The highest BCUT2D eigenvalue weighted by Gasteiger charge is 2.45. The van der Waals surface area contributed by atoms with Crippen LogP contribution >= 0.6 is 0 Å². The minimum absolute atomic E-state index is 0.142. The molecule has 44 heavy (non-hydrogen) atoms. The predicted molar refractivity (Wildman–Crippen MR) is 168 cm³/mol. The number of carbonyl (C=O) groups is 2. The molecule has 1 aliphatic carbocycles. The maximum atomic E-state index is 13.3. The van der Waals surface area contributed by atoms with Crippen molar-refractivity contribution in [2.75, 3.05) is 46.4 Å². The number of nitrogens with zero attached hydrogens (tertiary/aromatic N) is 2. The topological polar surface area (TPSA) is 114 Å². The molecule has 0 atom stereocenters. The van der Waals surface area contributed by atoms with Gasteiger partial charge in [-0.15, -0.1) is 0 Å². The van der Waals surface area contributed by atoms with E-state index < -0.39 is 11.6 Å². The minimum Gasteiger partial charge on any atom is -0.497 e. The molecule has 0 radical (unpaired) electrons. The van der Waals surface area contributed by atoms with Gasteiger partial charge in [0.25, 0.3) is 0 Å². The number of hydrogen-bond donors (Lipinski definition) is 2. The lowest BCUT2D eigenvalue weighted by atomic mass is 9.82. The summed E-state index contributed by atoms with van der Waals surface area (Å²) in [6, 6.07) is 14.7. The fourth-order valence-electron chi connectivity index (χ4n) is 6.20. The maximum absolute atomic E-state index is 13.3. The third-order valence-electron chi connectivity index (χ3n) is 8.60. The van der Waals surface area contributed by atoms with Gasteiger partial charge in [-0.05, 0) is 91.1 Å². The molecule has 1 aromatic heterocycles. The van der Waals surface area contributed by atoms with Gasteiger partial charge in [0, 0.05) is 13.1 Å². The van der Waals surface area contributed by atoms with Gasteiger partial charge in [0.2, 0.25) is 5.91 Å². The Labute approximate surface area is 257 Å². The monoisotopic (exact) mass is 601 g/mol. The van der Waals surface area contributed by atoms with Crippen molar-refractivity contribution in [2.45, 2.75) is 38.3 Å². The van der Waals surface area contributed by atoms with Gasteiger partial charge in [0.1, 0.15) is 28.7 Å². The molecule has 10 nitrogen and oxygen atoms in total. The Morgan fingerprint density at radius 1 is 1.02 bits per heavy atom. The van der Waals surface area contributed by atoms with E-state index in [4.69, 9.17) is 18.6 Å². The van der Waals surface area contributed by atoms with Crippen LogP contribution < -0.4 is 24.4 Å². The number of ether oxygens (including phenoxy) is 3. The molecule has 3 aromatic rings. The SMILES string of the molecule is COc1ccc2c(c1)C(CC(=O)NCc1ccco1)=C(C)/C2=C/C1(N(C(=O)O)c2c(OC)cccc2OC)CCN(C)CC1. The summed E-state index contributed by atoms with van der Waals surface area (Å²) in [6.45, 7) is 3.65. The Morgan fingerprint density at radius 3 is 2.32 bits per heavy atom. The number of carbonyl (C=O) groups excluding carboxylic acids is 1. The van der Waals surface area contributed by atoms with Crippen molar-refractivity contribution in [1.29, 1.82) is 0 Å². The largest absolute Gasteiger partial charge is 0.497 e. The number of amides is 2. The van der Waals surface area contributed by atoms with Gasteiger partial charge in [-0.1, -0.05) is 18.2 Å². The van der Waals surface area contributed by atoms with Gasteiger partial charge < -0.3 is 34.0 Å². The molecule has 2 amide bonds. The van der Waals surface area contributed by atoms with E-state index in [2.05, 4.69) is 16.3 Å². The quantitative estimate of drug-likeness (QED) is 0.298. The van der Waals surface area contributed by atoms with Crippen LogP contribution in [-0.4, -0.2) is 69.0 Å². The summed E-state index contributed by atoms with van der Waals surface area (Å²) < 4.78 is 22.3. The van der Waals surface area contributed by atoms with Crippen LogP contribution in [0.4, 0.5) is 10.5 Å². The summed E-state index contributed by atoms with van der Waals surface area (Å²) >= 11 is 0. The standard InChI is InChI=1S/C34H39N3O7/c1-22-26(19-31(38)35-21-24-8-7-17-44-24)27-18-23(41-3)11-12-25(27)28(22)20-34(13-15-36(2)16-14-34)37(33(39)40)32-29(42-4)9-6-10-30(32)43-5/h6-12,17-18,20H,13-16,19,21H2,1-5H3,(H,35,38)(H,39,40)/b28-20-. The lowest BCUT2D eigenvalue weighted by Gasteiger charge is -2.46. The zero-order chi connectivity index (χ0) is 31.4. The van der Waals surface area contributed by atoms with Crippen molar-refractivity contribution < 1.29 is 33.3 Å². The number of para-hydroxylation sites is 1. The number of nitrogens with one attached hydrogen (secondary N) is 1. The van der Waals surface area contributed by atoms with Gasteiger partial charge in [0.15, 0.2) is 0 Å². The number of benzene rings is 2. The Balaban J connectivity index is 1.64. The number of anilines is 1. The first-order chi connectivity index (χ1) is 21.2. The number of carboxylic acid groups (broad SMARTS) is 1. The molecule has 1 saturated heterocycles. The molecule has 5 rings (SSSR count). The second-order valence-corrected chi connectivity index (χ2v) is 11.1. The van der Waals surface area contributed by atoms with Gasteiger partial charge >= 0.3 is 6.09 Å². The molecule has 0 bridgehead atoms. The first kappa shape index (κ1) is 30.7. The molecule has 0 spiro atoms. The van der Waals surface area contributed by atoms with E-state index in [1.54, 1.807) is 37.6 Å². The number of piperidine rings is 1. The first-order valence-corrected chi connectivity index (χ1v) is 14.5. The van der Waals surface area contributed by atoms with Crippen molar-refractivity contribution in [3.63, 3.8) is 0 Å². The third kappa shape index (κ3) is 5.90. The Morgan fingerprint density at radius 2 is 1.73 bits per heavy atom. The average molecular weight is 602 g/mol. The van der Waals surface area contributed by atoms with Crippen molar-refractivity contribution in [3.8, 4) is 17.2 Å². The predicted octanol–water partition coefficient (Wildman–Crippen LogP) is 5.83.